The molecule has 6 nitrogen and oxygen atoms in total. The molecule has 0 spiro atoms. The van der Waals surface area contributed by atoms with Crippen LogP contribution in [0.5, 0.6) is 0 Å². The molecule has 0 aliphatic heterocycles. The summed E-state index contributed by atoms with van der Waals surface area (Å²) < 4.78 is 16.9. The van der Waals surface area contributed by atoms with Gasteiger partial charge in [-0.1, -0.05) is 261 Å². The molecule has 0 fully saturated rings. The van der Waals surface area contributed by atoms with E-state index in [1.807, 2.05) is 0 Å². The third-order valence-corrected chi connectivity index (χ3v) is 13.1. The number of carbonyl (C=O) groups excluding carboxylic acids is 3. The number of hydrogen-bond donors (Lipinski definition) is 0. The van der Waals surface area contributed by atoms with E-state index in [0.29, 0.717) is 19.3 Å². The zero-order valence-corrected chi connectivity index (χ0v) is 52.4. The minimum absolute atomic E-state index is 0.110. The Balaban J connectivity index is 4.40. The molecule has 0 N–H and O–H groups in total. The van der Waals surface area contributed by atoms with E-state index < -0.39 is 6.10 Å². The highest BCUT2D eigenvalue weighted by atomic mass is 16.6. The van der Waals surface area contributed by atoms with Crippen LogP contribution in [0, 0.1) is 0 Å². The van der Waals surface area contributed by atoms with E-state index in [1.54, 1.807) is 0 Å². The predicted molar refractivity (Wildman–Crippen MR) is 357 cm³/mol. The highest BCUT2D eigenvalue weighted by Gasteiger charge is 2.19. The van der Waals surface area contributed by atoms with E-state index in [1.165, 1.54) is 32.1 Å². The van der Waals surface area contributed by atoms with Crippen LogP contribution in [0.3, 0.4) is 0 Å². The van der Waals surface area contributed by atoms with Gasteiger partial charge in [0, 0.05) is 19.3 Å². The molecule has 0 radical (unpaired) electrons. The SMILES string of the molecule is CC/C=C\C/C=C\C/C=C\C/C=C\C/C=C\C/C=C\C/C=C\C/C=C\C/C=C\CCCCCCCC(=O)OCC(COC(=O)CCCCCCC/C=C\CCCCC)OC(=O)CCCCC/C=C\C/C=C\C/C=C\C/C=C\C/C=C\CC. The lowest BCUT2D eigenvalue weighted by Crippen LogP contribution is -2.30. The summed E-state index contributed by atoms with van der Waals surface area (Å²) in [6.07, 6.45) is 102. The van der Waals surface area contributed by atoms with Crippen LogP contribution in [-0.4, -0.2) is 37.2 Å². The number of unbranched alkanes of at least 4 members (excludes halogenated alkanes) is 16. The van der Waals surface area contributed by atoms with Crippen LogP contribution in [0.1, 0.15) is 258 Å². The Bertz CT molecular complexity index is 1920. The summed E-state index contributed by atoms with van der Waals surface area (Å²) in [6.45, 7) is 6.32. The Labute approximate surface area is 504 Å². The molecular formula is C76H118O6. The van der Waals surface area contributed by atoms with Crippen LogP contribution in [0.25, 0.3) is 0 Å². The molecule has 1 atom stereocenters. The van der Waals surface area contributed by atoms with Gasteiger partial charge in [0.2, 0.25) is 0 Å². The van der Waals surface area contributed by atoms with Gasteiger partial charge in [0.25, 0.3) is 0 Å². The van der Waals surface area contributed by atoms with Crippen molar-refractivity contribution in [2.45, 2.75) is 264 Å². The van der Waals surface area contributed by atoms with Crippen molar-refractivity contribution >= 4 is 17.9 Å². The molecule has 82 heavy (non-hydrogen) atoms. The van der Waals surface area contributed by atoms with Crippen molar-refractivity contribution in [2.24, 2.45) is 0 Å². The van der Waals surface area contributed by atoms with E-state index in [2.05, 4.69) is 203 Å². The Kier molecular flexibility index (Phi) is 63.5. The first kappa shape index (κ1) is 76.5. The van der Waals surface area contributed by atoms with E-state index in [0.717, 1.165) is 180 Å². The number of ether oxygens (including phenoxy) is 3. The maximum atomic E-state index is 12.9. The molecule has 0 aromatic rings. The van der Waals surface area contributed by atoms with Gasteiger partial charge in [0.1, 0.15) is 13.2 Å². The first-order valence-corrected chi connectivity index (χ1v) is 32.8. The minimum atomic E-state index is -0.818. The van der Waals surface area contributed by atoms with Crippen molar-refractivity contribution in [3.63, 3.8) is 0 Å². The minimum Gasteiger partial charge on any atom is -0.462 e. The Morgan fingerprint density at radius 3 is 0.768 bits per heavy atom. The number of hydrogen-bond acceptors (Lipinski definition) is 6. The van der Waals surface area contributed by atoms with Crippen LogP contribution >= 0.6 is 0 Å². The van der Waals surface area contributed by atoms with Gasteiger partial charge in [-0.3, -0.25) is 14.4 Å². The standard InChI is InChI=1S/C76H118O6/c1-4-7-10-13-16-19-22-25-27-29-31-32-33-34-35-36-37-38-39-40-41-42-43-44-46-47-49-51-54-57-60-63-66-69-75(78)81-72-73(71-80-74(77)68-65-62-59-56-53-24-21-18-15-12-9-6-3)82-76(79)70-67-64-61-58-55-52-50-48-45-30-28-26-23-20-17-14-11-8-5-2/h7-8,10-11,16-21,25-28,31-32,34-35,37-38,40-41,43-45,47-49,52,55,73H,4-6,9,12-15,22-24,29-30,33,36,39,42,46,50-51,53-54,56-72H2,1-3H3/b10-7-,11-8-,19-16-,20-17-,21-18-,27-25-,28-26-,32-31-,35-34-,38-37-,41-40-,44-43-,48-45-,49-47-,55-52-. The third-order valence-electron chi connectivity index (χ3n) is 13.1. The number of esters is 3. The molecule has 1 unspecified atom stereocenters. The van der Waals surface area contributed by atoms with Crippen molar-refractivity contribution in [1.82, 2.24) is 0 Å². The fourth-order valence-corrected chi connectivity index (χ4v) is 8.28. The number of rotatable bonds is 57. The molecule has 0 aromatic heterocycles. The van der Waals surface area contributed by atoms with Crippen molar-refractivity contribution in [2.75, 3.05) is 13.2 Å². The van der Waals surface area contributed by atoms with E-state index in [-0.39, 0.29) is 37.5 Å². The molecule has 0 rings (SSSR count). The van der Waals surface area contributed by atoms with Crippen molar-refractivity contribution in [3.05, 3.63) is 182 Å². The molecule has 0 aliphatic rings. The second-order valence-corrected chi connectivity index (χ2v) is 20.9. The maximum absolute atomic E-state index is 12.9. The van der Waals surface area contributed by atoms with Crippen LogP contribution in [0.15, 0.2) is 182 Å². The highest BCUT2D eigenvalue weighted by molar-refractivity contribution is 5.71. The quantitative estimate of drug-likeness (QED) is 0.0261. The largest absolute Gasteiger partial charge is 0.462 e. The smallest absolute Gasteiger partial charge is 0.306 e. The second-order valence-electron chi connectivity index (χ2n) is 20.9. The topological polar surface area (TPSA) is 78.9 Å². The summed E-state index contributed by atoms with van der Waals surface area (Å²) >= 11 is 0. The average molecular weight is 1130 g/mol. The zero-order chi connectivity index (χ0) is 59.2. The van der Waals surface area contributed by atoms with Crippen LogP contribution in [0.2, 0.25) is 0 Å². The Morgan fingerprint density at radius 2 is 0.476 bits per heavy atom. The van der Waals surface area contributed by atoms with E-state index in [4.69, 9.17) is 14.2 Å². The molecule has 0 heterocycles. The molecular weight excluding hydrogens is 1010 g/mol. The van der Waals surface area contributed by atoms with Gasteiger partial charge in [0.05, 0.1) is 0 Å². The lowest BCUT2D eigenvalue weighted by atomic mass is 10.1. The van der Waals surface area contributed by atoms with Gasteiger partial charge >= 0.3 is 17.9 Å². The summed E-state index contributed by atoms with van der Waals surface area (Å²) in [5.74, 6) is -0.978. The average Bonchev–Trinajstić information content (AvgIpc) is 3.47. The summed E-state index contributed by atoms with van der Waals surface area (Å²) in [5.41, 5.74) is 0. The number of carbonyl (C=O) groups is 3. The van der Waals surface area contributed by atoms with Crippen molar-refractivity contribution in [1.29, 1.82) is 0 Å². The van der Waals surface area contributed by atoms with Gasteiger partial charge in [-0.15, -0.1) is 0 Å². The first-order valence-electron chi connectivity index (χ1n) is 32.8. The van der Waals surface area contributed by atoms with E-state index in [9.17, 15) is 14.4 Å². The second kappa shape index (κ2) is 68.0. The van der Waals surface area contributed by atoms with Gasteiger partial charge in [0.15, 0.2) is 6.10 Å². The van der Waals surface area contributed by atoms with Gasteiger partial charge in [-0.05, 0) is 161 Å². The highest BCUT2D eigenvalue weighted by Crippen LogP contribution is 2.13. The summed E-state index contributed by atoms with van der Waals surface area (Å²) in [5, 5.41) is 0. The molecule has 0 saturated heterocycles. The van der Waals surface area contributed by atoms with Crippen LogP contribution in [-0.2, 0) is 28.6 Å². The monoisotopic (exact) mass is 1130 g/mol. The summed E-state index contributed by atoms with van der Waals surface area (Å²) in [4.78, 5) is 38.3. The normalized spacial score (nSPS) is 13.4. The predicted octanol–water partition coefficient (Wildman–Crippen LogP) is 22.8. The third kappa shape index (κ3) is 65.3. The fourth-order valence-electron chi connectivity index (χ4n) is 8.28. The summed E-state index contributed by atoms with van der Waals surface area (Å²) in [7, 11) is 0. The van der Waals surface area contributed by atoms with Crippen LogP contribution in [0.4, 0.5) is 0 Å². The molecule has 0 amide bonds. The Hall–Kier alpha value is -5.49. The van der Waals surface area contributed by atoms with E-state index >= 15 is 0 Å². The fraction of sp³-hybridized carbons (Fsp3) is 0.566. The molecule has 458 valence electrons. The molecule has 0 saturated carbocycles. The molecule has 0 aliphatic carbocycles. The van der Waals surface area contributed by atoms with Gasteiger partial charge in [-0.2, -0.15) is 0 Å². The lowest BCUT2D eigenvalue weighted by molar-refractivity contribution is -0.167. The van der Waals surface area contributed by atoms with Crippen LogP contribution < -0.4 is 0 Å². The number of allylic oxidation sites excluding steroid dienone is 30. The van der Waals surface area contributed by atoms with Crippen molar-refractivity contribution < 1.29 is 28.6 Å². The Morgan fingerprint density at radius 1 is 0.256 bits per heavy atom. The lowest BCUT2D eigenvalue weighted by Gasteiger charge is -2.18. The molecule has 0 bridgehead atoms. The summed E-state index contributed by atoms with van der Waals surface area (Å²) in [6, 6.07) is 0. The molecule has 0 aromatic carbocycles. The van der Waals surface area contributed by atoms with Crippen molar-refractivity contribution in [3.8, 4) is 0 Å². The van der Waals surface area contributed by atoms with Gasteiger partial charge < -0.3 is 14.2 Å². The zero-order valence-electron chi connectivity index (χ0n) is 52.4. The maximum Gasteiger partial charge on any atom is 0.306 e. The van der Waals surface area contributed by atoms with Gasteiger partial charge in [-0.25, -0.2) is 0 Å². The first-order chi connectivity index (χ1) is 40.5. The molecule has 6 heteroatoms.